The van der Waals surface area contributed by atoms with Crippen LogP contribution in [0.4, 0.5) is 5.69 Å². The molecule has 3 rings (SSSR count). The van der Waals surface area contributed by atoms with Crippen molar-refractivity contribution in [3.05, 3.63) is 60.2 Å². The Labute approximate surface area is 182 Å². The maximum atomic E-state index is 13.1. The van der Waals surface area contributed by atoms with Gasteiger partial charge in [-0.05, 0) is 42.3 Å². The van der Waals surface area contributed by atoms with Crippen molar-refractivity contribution in [1.82, 2.24) is 5.32 Å². The first kappa shape index (κ1) is 22.1. The fourth-order valence-electron chi connectivity index (χ4n) is 3.79. The maximum Gasteiger partial charge on any atom is 0.230 e. The van der Waals surface area contributed by atoms with Crippen LogP contribution in [0.2, 0.25) is 0 Å². The second-order valence-corrected chi connectivity index (χ2v) is 9.08. The van der Waals surface area contributed by atoms with Gasteiger partial charge in [0.1, 0.15) is 6.04 Å². The van der Waals surface area contributed by atoms with E-state index in [1.54, 1.807) is 0 Å². The minimum atomic E-state index is -0.756. The van der Waals surface area contributed by atoms with Gasteiger partial charge in [-0.3, -0.25) is 14.4 Å². The van der Waals surface area contributed by atoms with Crippen molar-refractivity contribution in [2.75, 3.05) is 5.32 Å². The highest BCUT2D eigenvalue weighted by atomic mass is 32.2. The van der Waals surface area contributed by atoms with E-state index in [1.165, 1.54) is 13.3 Å². The number of carbonyl (C=O) groups excluding carboxylic acids is 3. The van der Waals surface area contributed by atoms with E-state index in [1.807, 2.05) is 61.5 Å². The molecule has 0 radical (unpaired) electrons. The van der Waals surface area contributed by atoms with Crippen LogP contribution in [0.5, 0.6) is 0 Å². The van der Waals surface area contributed by atoms with Crippen LogP contribution in [0.3, 0.4) is 0 Å². The topological polar surface area (TPSA) is 75.3 Å². The number of hydrogen-bond acceptors (Lipinski definition) is 4. The predicted molar refractivity (Wildman–Crippen MR) is 120 cm³/mol. The van der Waals surface area contributed by atoms with Crippen molar-refractivity contribution in [2.45, 2.75) is 56.9 Å². The molecule has 1 atom stereocenters. The maximum absolute atomic E-state index is 13.1. The van der Waals surface area contributed by atoms with Crippen molar-refractivity contribution < 1.29 is 14.4 Å². The average Bonchev–Trinajstić information content (AvgIpc) is 2.74. The number of benzene rings is 2. The van der Waals surface area contributed by atoms with E-state index in [-0.39, 0.29) is 22.3 Å². The van der Waals surface area contributed by atoms with Gasteiger partial charge in [0.05, 0.1) is 5.69 Å². The summed E-state index contributed by atoms with van der Waals surface area (Å²) in [5.41, 5.74) is 0.978. The van der Waals surface area contributed by atoms with Crippen LogP contribution in [-0.4, -0.2) is 16.9 Å². The van der Waals surface area contributed by atoms with E-state index < -0.39 is 6.04 Å². The summed E-state index contributed by atoms with van der Waals surface area (Å²) >= 11 is 1.03. The molecule has 0 saturated heterocycles. The second-order valence-electron chi connectivity index (χ2n) is 8.04. The molecular formula is C24H28N2O3S. The molecule has 0 aromatic heterocycles. The Morgan fingerprint density at radius 1 is 0.933 bits per heavy atom. The van der Waals surface area contributed by atoms with Gasteiger partial charge in [-0.25, -0.2) is 0 Å². The summed E-state index contributed by atoms with van der Waals surface area (Å²) < 4.78 is 0. The van der Waals surface area contributed by atoms with Gasteiger partial charge >= 0.3 is 0 Å². The number of anilines is 1. The van der Waals surface area contributed by atoms with Gasteiger partial charge in [0, 0.05) is 17.2 Å². The van der Waals surface area contributed by atoms with Gasteiger partial charge in [0.2, 0.25) is 16.9 Å². The van der Waals surface area contributed by atoms with Gasteiger partial charge in [-0.1, -0.05) is 68.7 Å². The van der Waals surface area contributed by atoms with Crippen molar-refractivity contribution in [2.24, 2.45) is 5.41 Å². The number of amides is 2. The minimum Gasteiger partial charge on any atom is -0.342 e. The number of thioether (sulfide) groups is 1. The average molecular weight is 425 g/mol. The standard InChI is InChI=1S/C24H28N2O3S/c1-17(27)25-21(18-11-5-3-6-12-18)22(28)30-20-14-8-7-13-19(20)26-23(29)24(2)15-9-4-10-16-24/h3,5-8,11-14,21H,4,9-10,15-16H2,1-2H3,(H,25,27)(H,26,29)/t21-/m0/s1. The zero-order chi connectivity index (χ0) is 21.6. The minimum absolute atomic E-state index is 0.00386. The molecule has 0 unspecified atom stereocenters. The molecule has 1 aliphatic carbocycles. The van der Waals surface area contributed by atoms with E-state index in [0.29, 0.717) is 10.6 Å². The molecule has 30 heavy (non-hydrogen) atoms. The van der Waals surface area contributed by atoms with Gasteiger partial charge < -0.3 is 10.6 Å². The lowest BCUT2D eigenvalue weighted by Gasteiger charge is -2.32. The third-order valence-electron chi connectivity index (χ3n) is 5.57. The lowest BCUT2D eigenvalue weighted by Crippen LogP contribution is -2.35. The SMILES string of the molecule is CC(=O)N[C@H](C(=O)Sc1ccccc1NC(=O)C1(C)CCCCC1)c1ccccc1. The summed E-state index contributed by atoms with van der Waals surface area (Å²) in [7, 11) is 0. The fraction of sp³-hybridized carbons (Fsp3) is 0.375. The molecule has 6 heteroatoms. The smallest absolute Gasteiger partial charge is 0.230 e. The first-order valence-corrected chi connectivity index (χ1v) is 11.1. The third-order valence-corrected chi connectivity index (χ3v) is 6.58. The first-order valence-electron chi connectivity index (χ1n) is 10.3. The Kier molecular flexibility index (Phi) is 7.32. The lowest BCUT2D eigenvalue weighted by molar-refractivity contribution is -0.126. The molecular weight excluding hydrogens is 396 g/mol. The normalized spacial score (nSPS) is 16.3. The van der Waals surface area contributed by atoms with Crippen molar-refractivity contribution in [3.63, 3.8) is 0 Å². The molecule has 2 aromatic rings. The number of nitrogens with one attached hydrogen (secondary N) is 2. The van der Waals surface area contributed by atoms with E-state index >= 15 is 0 Å². The molecule has 0 bridgehead atoms. The molecule has 5 nitrogen and oxygen atoms in total. The molecule has 158 valence electrons. The largest absolute Gasteiger partial charge is 0.342 e. The van der Waals surface area contributed by atoms with Crippen LogP contribution in [0.15, 0.2) is 59.5 Å². The van der Waals surface area contributed by atoms with E-state index in [0.717, 1.165) is 43.0 Å². The van der Waals surface area contributed by atoms with E-state index in [9.17, 15) is 14.4 Å². The Morgan fingerprint density at radius 3 is 2.23 bits per heavy atom. The molecule has 2 amide bonds. The zero-order valence-corrected chi connectivity index (χ0v) is 18.3. The number of carbonyl (C=O) groups is 3. The molecule has 2 N–H and O–H groups in total. The summed E-state index contributed by atoms with van der Waals surface area (Å²) in [6, 6.07) is 15.7. The number of rotatable bonds is 6. The predicted octanol–water partition coefficient (Wildman–Crippen LogP) is 5.09. The van der Waals surface area contributed by atoms with Gasteiger partial charge in [-0.15, -0.1) is 0 Å². The third kappa shape index (κ3) is 5.51. The number of para-hydroxylation sites is 1. The zero-order valence-electron chi connectivity index (χ0n) is 17.4. The highest BCUT2D eigenvalue weighted by Crippen LogP contribution is 2.38. The monoisotopic (exact) mass is 424 g/mol. The van der Waals surface area contributed by atoms with Crippen LogP contribution in [0, 0.1) is 5.41 Å². The van der Waals surface area contributed by atoms with Crippen LogP contribution in [-0.2, 0) is 14.4 Å². The second kappa shape index (κ2) is 9.94. The first-order chi connectivity index (χ1) is 14.4. The number of hydrogen-bond donors (Lipinski definition) is 2. The summed E-state index contributed by atoms with van der Waals surface area (Å²) in [5, 5.41) is 5.58. The summed E-state index contributed by atoms with van der Waals surface area (Å²) in [5.74, 6) is -0.270. The van der Waals surface area contributed by atoms with Crippen molar-refractivity contribution in [3.8, 4) is 0 Å². The van der Waals surface area contributed by atoms with Crippen LogP contribution in [0.1, 0.15) is 57.6 Å². The summed E-state index contributed by atoms with van der Waals surface area (Å²) in [6.45, 7) is 3.41. The Balaban J connectivity index is 1.78. The summed E-state index contributed by atoms with van der Waals surface area (Å²) in [4.78, 5) is 38.4. The Bertz CT molecular complexity index is 908. The van der Waals surface area contributed by atoms with Gasteiger partial charge in [-0.2, -0.15) is 0 Å². The Hall–Kier alpha value is -2.60. The molecule has 0 heterocycles. The quantitative estimate of drug-likeness (QED) is 0.633. The Morgan fingerprint density at radius 2 is 1.57 bits per heavy atom. The molecule has 0 spiro atoms. The fourth-order valence-corrected chi connectivity index (χ4v) is 4.69. The van der Waals surface area contributed by atoms with E-state index in [4.69, 9.17) is 0 Å². The molecule has 1 aliphatic rings. The highest BCUT2D eigenvalue weighted by Gasteiger charge is 2.35. The van der Waals surface area contributed by atoms with E-state index in [2.05, 4.69) is 10.6 Å². The molecule has 1 saturated carbocycles. The van der Waals surface area contributed by atoms with Crippen LogP contribution in [0.25, 0.3) is 0 Å². The van der Waals surface area contributed by atoms with Crippen LogP contribution >= 0.6 is 11.8 Å². The lowest BCUT2D eigenvalue weighted by atomic mass is 9.75. The van der Waals surface area contributed by atoms with Crippen molar-refractivity contribution in [1.29, 1.82) is 0 Å². The van der Waals surface area contributed by atoms with Crippen molar-refractivity contribution >= 4 is 34.4 Å². The highest BCUT2D eigenvalue weighted by molar-refractivity contribution is 8.13. The van der Waals surface area contributed by atoms with Crippen LogP contribution < -0.4 is 10.6 Å². The summed E-state index contributed by atoms with van der Waals surface area (Å²) in [6.07, 6.45) is 5.06. The molecule has 0 aliphatic heterocycles. The molecule has 1 fully saturated rings. The van der Waals surface area contributed by atoms with Gasteiger partial charge in [0.25, 0.3) is 0 Å². The molecule has 2 aromatic carbocycles. The van der Waals surface area contributed by atoms with Gasteiger partial charge in [0.15, 0.2) is 0 Å².